The van der Waals surface area contributed by atoms with Gasteiger partial charge in [0.2, 0.25) is 0 Å². The van der Waals surface area contributed by atoms with Crippen molar-refractivity contribution in [2.45, 2.75) is 51.7 Å². The van der Waals surface area contributed by atoms with Crippen LogP contribution in [0, 0.1) is 0 Å². The summed E-state index contributed by atoms with van der Waals surface area (Å²) in [5.74, 6) is 0. The first-order chi connectivity index (χ1) is 8.89. The van der Waals surface area contributed by atoms with Crippen LogP contribution in [-0.4, -0.2) is 24.9 Å². The molecule has 2 heterocycles. The molecule has 0 atom stereocenters. The molecule has 0 unspecified atom stereocenters. The Morgan fingerprint density at radius 1 is 1.11 bits per heavy atom. The lowest BCUT2D eigenvalue weighted by atomic mass is 9.77. The Hall–Kier alpha value is -0.995. The molecule has 0 radical (unpaired) electrons. The molecule has 0 bridgehead atoms. The fourth-order valence-electron chi connectivity index (χ4n) is 2.62. The average molecular weight is 259 g/mol. The van der Waals surface area contributed by atoms with E-state index in [4.69, 9.17) is 9.31 Å². The lowest BCUT2D eigenvalue weighted by Gasteiger charge is -2.32. The van der Waals surface area contributed by atoms with Crippen LogP contribution < -0.4 is 10.8 Å². The molecule has 0 amide bonds. The second-order valence-corrected chi connectivity index (χ2v) is 6.54. The number of anilines is 1. The van der Waals surface area contributed by atoms with Crippen LogP contribution >= 0.6 is 0 Å². The fraction of sp³-hybridized carbons (Fsp3) is 0.600. The van der Waals surface area contributed by atoms with Gasteiger partial charge in [-0.3, -0.25) is 0 Å². The number of rotatable bonds is 1. The predicted molar refractivity (Wildman–Crippen MR) is 79.0 cm³/mol. The van der Waals surface area contributed by atoms with Crippen molar-refractivity contribution in [3.63, 3.8) is 0 Å². The van der Waals surface area contributed by atoms with E-state index in [2.05, 4.69) is 51.2 Å². The molecule has 3 rings (SSSR count). The normalized spacial score (nSPS) is 23.9. The van der Waals surface area contributed by atoms with Gasteiger partial charge in [-0.1, -0.05) is 12.1 Å². The minimum Gasteiger partial charge on any atom is -0.399 e. The first-order valence-corrected chi connectivity index (χ1v) is 7.11. The monoisotopic (exact) mass is 259 g/mol. The van der Waals surface area contributed by atoms with Gasteiger partial charge in [0.15, 0.2) is 0 Å². The fourth-order valence-corrected chi connectivity index (χ4v) is 2.62. The maximum Gasteiger partial charge on any atom is 0.494 e. The third-order valence-electron chi connectivity index (χ3n) is 4.59. The zero-order valence-corrected chi connectivity index (χ0v) is 12.2. The van der Waals surface area contributed by atoms with Gasteiger partial charge >= 0.3 is 7.12 Å². The maximum absolute atomic E-state index is 6.10. The van der Waals surface area contributed by atoms with Gasteiger partial charge in [-0.2, -0.15) is 0 Å². The van der Waals surface area contributed by atoms with E-state index in [0.29, 0.717) is 0 Å². The highest BCUT2D eigenvalue weighted by molar-refractivity contribution is 6.62. The van der Waals surface area contributed by atoms with Crippen molar-refractivity contribution >= 4 is 18.3 Å². The summed E-state index contributed by atoms with van der Waals surface area (Å²) in [6, 6.07) is 6.48. The zero-order chi connectivity index (χ0) is 13.7. The Balaban J connectivity index is 1.88. The summed E-state index contributed by atoms with van der Waals surface area (Å²) in [6.07, 6.45) is 2.33. The Kier molecular flexibility index (Phi) is 2.91. The lowest BCUT2D eigenvalue weighted by Crippen LogP contribution is -2.41. The molecule has 102 valence electrons. The van der Waals surface area contributed by atoms with Crippen LogP contribution in [-0.2, 0) is 15.7 Å². The highest BCUT2D eigenvalue weighted by Gasteiger charge is 2.51. The molecule has 0 saturated carbocycles. The van der Waals surface area contributed by atoms with Crippen LogP contribution in [0.3, 0.4) is 0 Å². The van der Waals surface area contributed by atoms with Gasteiger partial charge in [0.1, 0.15) is 0 Å². The molecular weight excluding hydrogens is 237 g/mol. The van der Waals surface area contributed by atoms with Gasteiger partial charge in [0.25, 0.3) is 0 Å². The average Bonchev–Trinajstić information content (AvgIpc) is 2.58. The second kappa shape index (κ2) is 4.25. The minimum absolute atomic E-state index is 0.253. The van der Waals surface area contributed by atoms with E-state index in [1.165, 1.54) is 17.7 Å². The lowest BCUT2D eigenvalue weighted by molar-refractivity contribution is 0.00578. The molecule has 1 saturated heterocycles. The molecule has 1 aromatic rings. The largest absolute Gasteiger partial charge is 0.494 e. The summed E-state index contributed by atoms with van der Waals surface area (Å²) in [5.41, 5.74) is 3.21. The SMILES string of the molecule is CC1(C)OB(c2ccc3c(c2)CCCN3)OC1(C)C. The van der Waals surface area contributed by atoms with Crippen molar-refractivity contribution in [2.24, 2.45) is 0 Å². The van der Waals surface area contributed by atoms with Crippen LogP contribution in [0.4, 0.5) is 5.69 Å². The molecule has 0 aliphatic carbocycles. The third kappa shape index (κ3) is 2.17. The van der Waals surface area contributed by atoms with E-state index in [1.807, 2.05) is 0 Å². The van der Waals surface area contributed by atoms with Crippen LogP contribution in [0.25, 0.3) is 0 Å². The molecule has 1 fully saturated rings. The summed E-state index contributed by atoms with van der Waals surface area (Å²) < 4.78 is 12.2. The molecule has 1 N–H and O–H groups in total. The van der Waals surface area contributed by atoms with E-state index in [1.54, 1.807) is 0 Å². The van der Waals surface area contributed by atoms with Crippen molar-refractivity contribution < 1.29 is 9.31 Å². The van der Waals surface area contributed by atoms with Gasteiger partial charge in [-0.05, 0) is 57.6 Å². The van der Waals surface area contributed by atoms with Crippen molar-refractivity contribution in [3.8, 4) is 0 Å². The Labute approximate surface area is 115 Å². The minimum atomic E-state index is -0.272. The van der Waals surface area contributed by atoms with E-state index in [-0.39, 0.29) is 18.3 Å². The smallest absolute Gasteiger partial charge is 0.399 e. The topological polar surface area (TPSA) is 30.5 Å². The van der Waals surface area contributed by atoms with E-state index < -0.39 is 0 Å². The second-order valence-electron chi connectivity index (χ2n) is 6.54. The van der Waals surface area contributed by atoms with E-state index in [9.17, 15) is 0 Å². The van der Waals surface area contributed by atoms with Gasteiger partial charge in [-0.25, -0.2) is 0 Å². The highest BCUT2D eigenvalue weighted by Crippen LogP contribution is 2.36. The van der Waals surface area contributed by atoms with Crippen molar-refractivity contribution in [2.75, 3.05) is 11.9 Å². The standard InChI is InChI=1S/C15H22BNO2/c1-14(2)15(3,4)19-16(18-14)12-7-8-13-11(10-12)6-5-9-17-13/h7-8,10,17H,5-6,9H2,1-4H3. The highest BCUT2D eigenvalue weighted by atomic mass is 16.7. The summed E-state index contributed by atoms with van der Waals surface area (Å²) in [6.45, 7) is 9.43. The molecule has 2 aliphatic rings. The summed E-state index contributed by atoms with van der Waals surface area (Å²) in [4.78, 5) is 0. The first kappa shape index (κ1) is 13.0. The quantitative estimate of drug-likeness (QED) is 0.785. The molecule has 3 nitrogen and oxygen atoms in total. The summed E-state index contributed by atoms with van der Waals surface area (Å²) >= 11 is 0. The number of nitrogens with one attached hydrogen (secondary N) is 1. The predicted octanol–water partition coefficient (Wildman–Crippen LogP) is 2.34. The molecule has 19 heavy (non-hydrogen) atoms. The van der Waals surface area contributed by atoms with Crippen LogP contribution in [0.15, 0.2) is 18.2 Å². The number of aryl methyl sites for hydroxylation is 1. The van der Waals surface area contributed by atoms with Crippen LogP contribution in [0.1, 0.15) is 39.7 Å². The molecule has 2 aliphatic heterocycles. The van der Waals surface area contributed by atoms with Gasteiger partial charge < -0.3 is 14.6 Å². The molecule has 1 aromatic carbocycles. The van der Waals surface area contributed by atoms with Gasteiger partial charge in [0, 0.05) is 12.2 Å². The zero-order valence-electron chi connectivity index (χ0n) is 12.2. The molecule has 0 aromatic heterocycles. The Bertz CT molecular complexity index is 483. The molecular formula is C15H22BNO2. The number of fused-ring (bicyclic) bond motifs is 1. The van der Waals surface area contributed by atoms with E-state index >= 15 is 0 Å². The molecule has 0 spiro atoms. The van der Waals surface area contributed by atoms with Crippen molar-refractivity contribution in [1.29, 1.82) is 0 Å². The van der Waals surface area contributed by atoms with Crippen LogP contribution in [0.5, 0.6) is 0 Å². The summed E-state index contributed by atoms with van der Waals surface area (Å²) in [7, 11) is -0.253. The van der Waals surface area contributed by atoms with Crippen LogP contribution in [0.2, 0.25) is 0 Å². The van der Waals surface area contributed by atoms with Crippen molar-refractivity contribution in [1.82, 2.24) is 0 Å². The van der Waals surface area contributed by atoms with E-state index in [0.717, 1.165) is 18.4 Å². The Morgan fingerprint density at radius 2 is 1.79 bits per heavy atom. The number of benzene rings is 1. The number of hydrogen-bond acceptors (Lipinski definition) is 3. The maximum atomic E-state index is 6.10. The first-order valence-electron chi connectivity index (χ1n) is 7.11. The summed E-state index contributed by atoms with van der Waals surface area (Å²) in [5, 5.41) is 3.43. The third-order valence-corrected chi connectivity index (χ3v) is 4.59. The Morgan fingerprint density at radius 3 is 2.47 bits per heavy atom. The van der Waals surface area contributed by atoms with Gasteiger partial charge in [-0.15, -0.1) is 0 Å². The number of hydrogen-bond donors (Lipinski definition) is 1. The molecule has 4 heteroatoms. The van der Waals surface area contributed by atoms with Gasteiger partial charge in [0.05, 0.1) is 11.2 Å². The van der Waals surface area contributed by atoms with Crippen molar-refractivity contribution in [3.05, 3.63) is 23.8 Å².